The predicted octanol–water partition coefficient (Wildman–Crippen LogP) is 4.28. The fraction of sp³-hybridized carbons (Fsp3) is 0.292. The highest BCUT2D eigenvalue weighted by Crippen LogP contribution is 2.32. The fourth-order valence-corrected chi connectivity index (χ4v) is 3.65. The highest BCUT2D eigenvalue weighted by Gasteiger charge is 2.31. The Bertz CT molecular complexity index is 1100. The molecule has 0 spiro atoms. The van der Waals surface area contributed by atoms with Crippen LogP contribution in [0.25, 0.3) is 11.3 Å². The first-order chi connectivity index (χ1) is 15.8. The number of nitrogens with zero attached hydrogens (tertiary/aromatic N) is 4. The molecule has 2 heterocycles. The van der Waals surface area contributed by atoms with Crippen molar-refractivity contribution in [2.45, 2.75) is 19.2 Å². The molecule has 4 rings (SSSR count). The molecule has 172 valence electrons. The molecule has 0 bridgehead atoms. The molecule has 1 saturated heterocycles. The average Bonchev–Trinajstić information content (AvgIpc) is 2.84. The molecule has 1 aliphatic heterocycles. The second-order valence-corrected chi connectivity index (χ2v) is 7.71. The summed E-state index contributed by atoms with van der Waals surface area (Å²) < 4.78 is 44.9. The van der Waals surface area contributed by atoms with Crippen LogP contribution in [0.5, 0.6) is 5.75 Å². The maximum absolute atomic E-state index is 13.1. The van der Waals surface area contributed by atoms with Gasteiger partial charge >= 0.3 is 6.18 Å². The summed E-state index contributed by atoms with van der Waals surface area (Å²) in [5, 5.41) is 0. The van der Waals surface area contributed by atoms with Crippen LogP contribution < -0.4 is 9.64 Å². The van der Waals surface area contributed by atoms with E-state index in [-0.39, 0.29) is 5.91 Å². The molecule has 0 aliphatic carbocycles. The van der Waals surface area contributed by atoms with Gasteiger partial charge in [0.2, 0.25) is 5.95 Å². The van der Waals surface area contributed by atoms with Gasteiger partial charge in [0.15, 0.2) is 6.10 Å². The van der Waals surface area contributed by atoms with E-state index in [1.165, 1.54) is 12.3 Å². The molecule has 33 heavy (non-hydrogen) atoms. The number of alkyl halides is 3. The van der Waals surface area contributed by atoms with Gasteiger partial charge in [0.05, 0.1) is 11.3 Å². The lowest BCUT2D eigenvalue weighted by atomic mass is 10.1. The summed E-state index contributed by atoms with van der Waals surface area (Å²) in [4.78, 5) is 25.2. The zero-order valence-corrected chi connectivity index (χ0v) is 18.0. The number of hydrogen-bond donors (Lipinski definition) is 0. The van der Waals surface area contributed by atoms with E-state index >= 15 is 0 Å². The average molecular weight is 456 g/mol. The van der Waals surface area contributed by atoms with Gasteiger partial charge in [-0.3, -0.25) is 4.79 Å². The first-order valence-electron chi connectivity index (χ1n) is 10.6. The molecule has 1 fully saturated rings. The van der Waals surface area contributed by atoms with Crippen molar-refractivity contribution >= 4 is 11.9 Å². The summed E-state index contributed by atoms with van der Waals surface area (Å²) in [6.07, 6.45) is -3.50. The van der Waals surface area contributed by atoms with Crippen LogP contribution in [-0.2, 0) is 11.0 Å². The minimum Gasteiger partial charge on any atom is -0.481 e. The van der Waals surface area contributed by atoms with Crippen molar-refractivity contribution < 1.29 is 22.7 Å². The molecule has 3 aromatic rings. The number of aromatic nitrogens is 2. The van der Waals surface area contributed by atoms with Gasteiger partial charge < -0.3 is 14.5 Å². The number of ether oxygens (including phenoxy) is 1. The van der Waals surface area contributed by atoms with E-state index in [0.29, 0.717) is 49.1 Å². The summed E-state index contributed by atoms with van der Waals surface area (Å²) in [5.41, 5.74) is 0.0581. The van der Waals surface area contributed by atoms with Gasteiger partial charge in [-0.25, -0.2) is 9.97 Å². The molecule has 0 saturated carbocycles. The normalized spacial score (nSPS) is 15.3. The summed E-state index contributed by atoms with van der Waals surface area (Å²) in [6.45, 7) is 3.69. The Morgan fingerprint density at radius 1 is 1.00 bits per heavy atom. The lowest BCUT2D eigenvalue weighted by Gasteiger charge is -2.35. The third-order valence-electron chi connectivity index (χ3n) is 5.41. The van der Waals surface area contributed by atoms with Crippen molar-refractivity contribution in [1.82, 2.24) is 14.9 Å². The number of rotatable bonds is 5. The molecule has 1 aliphatic rings. The number of para-hydroxylation sites is 1. The number of hydrogen-bond acceptors (Lipinski definition) is 5. The third-order valence-corrected chi connectivity index (χ3v) is 5.41. The Morgan fingerprint density at radius 3 is 2.42 bits per heavy atom. The maximum atomic E-state index is 13.1. The number of carbonyl (C=O) groups is 1. The minimum absolute atomic E-state index is 0.0999. The Labute approximate surface area is 189 Å². The quantitative estimate of drug-likeness (QED) is 0.574. The summed E-state index contributed by atoms with van der Waals surface area (Å²) in [5.74, 6) is 0.958. The number of carbonyl (C=O) groups excluding carboxylic acids is 1. The SMILES string of the molecule is C[C@@H](Oc1ccccc1)C(=O)N1CCN(c2nccc(-c3cccc(C(F)(F)F)c3)n2)CC1. The van der Waals surface area contributed by atoms with Crippen LogP contribution in [0.15, 0.2) is 66.9 Å². The Morgan fingerprint density at radius 2 is 1.73 bits per heavy atom. The minimum atomic E-state index is -4.42. The Hall–Kier alpha value is -3.62. The van der Waals surface area contributed by atoms with Crippen LogP contribution in [0.3, 0.4) is 0 Å². The van der Waals surface area contributed by atoms with Crippen LogP contribution in [0.2, 0.25) is 0 Å². The molecule has 1 aromatic heterocycles. The van der Waals surface area contributed by atoms with Gasteiger partial charge in [-0.05, 0) is 37.3 Å². The largest absolute Gasteiger partial charge is 0.481 e. The predicted molar refractivity (Wildman–Crippen MR) is 118 cm³/mol. The van der Waals surface area contributed by atoms with E-state index in [4.69, 9.17) is 4.74 Å². The summed E-state index contributed by atoms with van der Waals surface area (Å²) in [7, 11) is 0. The smallest absolute Gasteiger partial charge is 0.416 e. The van der Waals surface area contributed by atoms with Crippen molar-refractivity contribution in [2.24, 2.45) is 0 Å². The van der Waals surface area contributed by atoms with Gasteiger partial charge in [0.1, 0.15) is 5.75 Å². The highest BCUT2D eigenvalue weighted by molar-refractivity contribution is 5.81. The second-order valence-electron chi connectivity index (χ2n) is 7.71. The molecule has 6 nitrogen and oxygen atoms in total. The molecule has 2 aromatic carbocycles. The first kappa shape index (κ1) is 22.6. The monoisotopic (exact) mass is 456 g/mol. The zero-order valence-electron chi connectivity index (χ0n) is 18.0. The highest BCUT2D eigenvalue weighted by atomic mass is 19.4. The Kier molecular flexibility index (Phi) is 6.48. The fourth-order valence-electron chi connectivity index (χ4n) is 3.65. The molecule has 0 unspecified atom stereocenters. The molecule has 1 amide bonds. The maximum Gasteiger partial charge on any atom is 0.416 e. The molecular formula is C24H23F3N4O2. The van der Waals surface area contributed by atoms with Crippen LogP contribution >= 0.6 is 0 Å². The van der Waals surface area contributed by atoms with Crippen molar-refractivity contribution in [3.05, 3.63) is 72.4 Å². The van der Waals surface area contributed by atoms with Gasteiger partial charge in [0.25, 0.3) is 5.91 Å². The van der Waals surface area contributed by atoms with Gasteiger partial charge in [-0.1, -0.05) is 30.3 Å². The number of benzene rings is 2. The first-order valence-corrected chi connectivity index (χ1v) is 10.6. The molecule has 0 N–H and O–H groups in total. The zero-order chi connectivity index (χ0) is 23.4. The standard InChI is InChI=1S/C24H23F3N4O2/c1-17(33-20-8-3-2-4-9-20)22(32)30-12-14-31(15-13-30)23-28-11-10-21(29-23)18-6-5-7-19(16-18)24(25,26)27/h2-11,16-17H,12-15H2,1H3/t17-/m1/s1. The topological polar surface area (TPSA) is 58.6 Å². The van der Waals surface area contributed by atoms with Crippen LogP contribution in [-0.4, -0.2) is 53.1 Å². The number of piperazine rings is 1. The van der Waals surface area contributed by atoms with Crippen molar-refractivity contribution in [3.8, 4) is 17.0 Å². The van der Waals surface area contributed by atoms with Gasteiger partial charge in [-0.2, -0.15) is 13.2 Å². The molecule has 0 radical (unpaired) electrons. The summed E-state index contributed by atoms with van der Waals surface area (Å²) in [6, 6.07) is 15.8. The van der Waals surface area contributed by atoms with Crippen molar-refractivity contribution in [1.29, 1.82) is 0 Å². The van der Waals surface area contributed by atoms with E-state index in [1.54, 1.807) is 36.1 Å². The number of amides is 1. The molecule has 9 heteroatoms. The number of anilines is 1. The van der Waals surface area contributed by atoms with E-state index in [0.717, 1.165) is 12.1 Å². The number of halogens is 3. The Balaban J connectivity index is 1.40. The van der Waals surface area contributed by atoms with E-state index in [2.05, 4.69) is 9.97 Å². The van der Waals surface area contributed by atoms with Crippen LogP contribution in [0, 0.1) is 0 Å². The van der Waals surface area contributed by atoms with Gasteiger partial charge in [0, 0.05) is 37.9 Å². The van der Waals surface area contributed by atoms with Crippen molar-refractivity contribution in [2.75, 3.05) is 31.1 Å². The third kappa shape index (κ3) is 5.42. The lowest BCUT2D eigenvalue weighted by molar-refractivity contribution is -0.138. The van der Waals surface area contributed by atoms with E-state index in [9.17, 15) is 18.0 Å². The second kappa shape index (κ2) is 9.48. The van der Waals surface area contributed by atoms with E-state index < -0.39 is 17.8 Å². The molecular weight excluding hydrogens is 433 g/mol. The lowest BCUT2D eigenvalue weighted by Crippen LogP contribution is -2.52. The van der Waals surface area contributed by atoms with Crippen molar-refractivity contribution in [3.63, 3.8) is 0 Å². The van der Waals surface area contributed by atoms with Gasteiger partial charge in [-0.15, -0.1) is 0 Å². The van der Waals surface area contributed by atoms with Crippen LogP contribution in [0.1, 0.15) is 12.5 Å². The van der Waals surface area contributed by atoms with Crippen LogP contribution in [0.4, 0.5) is 19.1 Å². The van der Waals surface area contributed by atoms with E-state index in [1.807, 2.05) is 23.1 Å². The summed E-state index contributed by atoms with van der Waals surface area (Å²) >= 11 is 0. The molecule has 1 atom stereocenters.